The Morgan fingerprint density at radius 1 is 0.509 bits per heavy atom. The van der Waals surface area contributed by atoms with Gasteiger partial charge < -0.3 is 4.74 Å². The molecule has 0 fully saturated rings. The minimum atomic E-state index is 0.816. The second-order valence-electron chi connectivity index (χ2n) is 13.5. The van der Waals surface area contributed by atoms with Crippen molar-refractivity contribution in [3.05, 3.63) is 176 Å². The van der Waals surface area contributed by atoms with Crippen LogP contribution in [0.3, 0.4) is 0 Å². The van der Waals surface area contributed by atoms with E-state index in [1.54, 1.807) is 7.11 Å². The first kappa shape index (κ1) is 30.8. The molecule has 0 atom stereocenters. The van der Waals surface area contributed by atoms with Crippen LogP contribution < -0.4 is 4.74 Å². The van der Waals surface area contributed by atoms with Crippen molar-refractivity contribution in [2.75, 3.05) is 7.11 Å². The van der Waals surface area contributed by atoms with Crippen LogP contribution in [0.2, 0.25) is 0 Å². The fraction of sp³-hybridized carbons (Fsp3) is 0.0417. The summed E-state index contributed by atoms with van der Waals surface area (Å²) in [6.45, 7) is 2.16. The summed E-state index contributed by atoms with van der Waals surface area (Å²) in [5.74, 6) is 1.64. The summed E-state index contributed by atoms with van der Waals surface area (Å²) in [6.07, 6.45) is 2.00. The number of ether oxygens (including phenoxy) is 1. The Balaban J connectivity index is 1.35. The first-order valence-corrected chi connectivity index (χ1v) is 17.9. The van der Waals surface area contributed by atoms with Crippen molar-refractivity contribution in [2.24, 2.45) is 0 Å². The Labute approximate surface area is 307 Å². The van der Waals surface area contributed by atoms with Gasteiger partial charge in [-0.25, -0.2) is 9.97 Å². The molecule has 0 radical (unpaired) electrons. The molecule has 5 nitrogen and oxygen atoms in total. The average molecular weight is 683 g/mol. The zero-order valence-corrected chi connectivity index (χ0v) is 29.4. The lowest BCUT2D eigenvalue weighted by molar-refractivity contribution is 0.415. The highest BCUT2D eigenvalue weighted by molar-refractivity contribution is 6.26. The van der Waals surface area contributed by atoms with Crippen LogP contribution in [0.15, 0.2) is 170 Å². The third kappa shape index (κ3) is 4.93. The third-order valence-corrected chi connectivity index (χ3v) is 10.4. The number of fused-ring (bicyclic) bond motifs is 6. The highest BCUT2D eigenvalue weighted by Gasteiger charge is 2.26. The van der Waals surface area contributed by atoms with Crippen molar-refractivity contribution in [2.45, 2.75) is 6.92 Å². The molecule has 0 aliphatic carbocycles. The van der Waals surface area contributed by atoms with E-state index in [0.717, 1.165) is 94.5 Å². The summed E-state index contributed by atoms with van der Waals surface area (Å²) in [6, 6.07) is 57.6. The van der Waals surface area contributed by atoms with Gasteiger partial charge in [-0.15, -0.1) is 0 Å². The highest BCUT2D eigenvalue weighted by atomic mass is 16.5. The molecule has 10 rings (SSSR count). The lowest BCUT2D eigenvalue weighted by atomic mass is 9.96. The Bertz CT molecular complexity index is 2980. The third-order valence-electron chi connectivity index (χ3n) is 10.4. The fourth-order valence-electron chi connectivity index (χ4n) is 7.96. The molecule has 5 heteroatoms. The molecule has 0 saturated heterocycles. The number of para-hydroxylation sites is 2. The Hall–Kier alpha value is -6.98. The average Bonchev–Trinajstić information content (AvgIpc) is 3.73. The lowest BCUT2D eigenvalue weighted by Gasteiger charge is -2.13. The van der Waals surface area contributed by atoms with E-state index >= 15 is 0 Å². The quantitative estimate of drug-likeness (QED) is 0.175. The molecular formula is C48H34N4O. The van der Waals surface area contributed by atoms with Gasteiger partial charge in [0.05, 0.1) is 18.1 Å². The molecule has 0 bridgehead atoms. The van der Waals surface area contributed by atoms with Crippen molar-refractivity contribution in [1.29, 1.82) is 0 Å². The molecule has 4 aromatic heterocycles. The van der Waals surface area contributed by atoms with Crippen LogP contribution in [-0.4, -0.2) is 26.2 Å². The first-order valence-electron chi connectivity index (χ1n) is 17.9. The van der Waals surface area contributed by atoms with Gasteiger partial charge in [0.2, 0.25) is 0 Å². The largest absolute Gasteiger partial charge is 0.497 e. The lowest BCUT2D eigenvalue weighted by Crippen LogP contribution is -2.02. The summed E-state index contributed by atoms with van der Waals surface area (Å²) >= 11 is 0. The number of hydrogen-bond acceptors (Lipinski definition) is 3. The van der Waals surface area contributed by atoms with Gasteiger partial charge >= 0.3 is 0 Å². The van der Waals surface area contributed by atoms with Gasteiger partial charge in [0, 0.05) is 44.6 Å². The molecular weight excluding hydrogens is 649 g/mol. The van der Waals surface area contributed by atoms with E-state index in [1.165, 1.54) is 5.56 Å². The number of rotatable bonds is 6. The number of aromatic nitrogens is 4. The molecule has 10 aromatic rings. The number of aryl methyl sites for hydroxylation is 1. The van der Waals surface area contributed by atoms with Crippen LogP contribution in [0.1, 0.15) is 5.56 Å². The summed E-state index contributed by atoms with van der Waals surface area (Å²) < 4.78 is 10.2. The predicted octanol–water partition coefficient (Wildman–Crippen LogP) is 12.0. The van der Waals surface area contributed by atoms with Crippen molar-refractivity contribution < 1.29 is 4.74 Å². The molecule has 6 aromatic carbocycles. The highest BCUT2D eigenvalue weighted by Crippen LogP contribution is 2.46. The fourth-order valence-corrected chi connectivity index (χ4v) is 7.96. The van der Waals surface area contributed by atoms with Gasteiger partial charge in [0.25, 0.3) is 0 Å². The van der Waals surface area contributed by atoms with Gasteiger partial charge in [0.15, 0.2) is 0 Å². The van der Waals surface area contributed by atoms with E-state index in [-0.39, 0.29) is 0 Å². The van der Waals surface area contributed by atoms with E-state index < -0.39 is 0 Å². The van der Waals surface area contributed by atoms with E-state index in [4.69, 9.17) is 14.7 Å². The van der Waals surface area contributed by atoms with Crippen molar-refractivity contribution in [3.63, 3.8) is 0 Å². The first-order chi connectivity index (χ1) is 26.2. The zero-order chi connectivity index (χ0) is 35.5. The van der Waals surface area contributed by atoms with E-state index in [1.807, 2.05) is 24.4 Å². The molecule has 0 saturated carbocycles. The molecule has 0 unspecified atom stereocenters. The van der Waals surface area contributed by atoms with Gasteiger partial charge in [-0.1, -0.05) is 121 Å². The van der Waals surface area contributed by atoms with Gasteiger partial charge in [0.1, 0.15) is 22.9 Å². The van der Waals surface area contributed by atoms with E-state index in [9.17, 15) is 0 Å². The van der Waals surface area contributed by atoms with Crippen LogP contribution in [-0.2, 0) is 0 Å². The van der Waals surface area contributed by atoms with Crippen molar-refractivity contribution in [3.8, 4) is 50.6 Å². The molecule has 252 valence electrons. The summed E-state index contributed by atoms with van der Waals surface area (Å²) in [7, 11) is 1.71. The topological polar surface area (TPSA) is 44.9 Å². The molecule has 0 spiro atoms. The smallest absolute Gasteiger partial charge is 0.149 e. The van der Waals surface area contributed by atoms with Gasteiger partial charge in [-0.05, 0) is 77.2 Å². The van der Waals surface area contributed by atoms with Crippen LogP contribution in [0, 0.1) is 6.92 Å². The Morgan fingerprint density at radius 3 is 1.75 bits per heavy atom. The van der Waals surface area contributed by atoms with Crippen LogP contribution in [0.25, 0.3) is 88.8 Å². The minimum Gasteiger partial charge on any atom is -0.497 e. The number of benzene rings is 6. The monoisotopic (exact) mass is 682 g/mol. The van der Waals surface area contributed by atoms with Crippen LogP contribution in [0.5, 0.6) is 5.75 Å². The summed E-state index contributed by atoms with van der Waals surface area (Å²) in [4.78, 5) is 10.8. The van der Waals surface area contributed by atoms with E-state index in [0.29, 0.717) is 0 Å². The second kappa shape index (κ2) is 12.4. The maximum atomic E-state index is 5.70. The Kier molecular flexibility index (Phi) is 7.18. The second-order valence-corrected chi connectivity index (χ2v) is 13.5. The maximum absolute atomic E-state index is 5.70. The molecule has 0 aliphatic rings. The van der Waals surface area contributed by atoms with Crippen molar-refractivity contribution in [1.82, 2.24) is 19.1 Å². The number of hydrogen-bond donors (Lipinski definition) is 0. The molecule has 0 N–H and O–H groups in total. The number of nitrogens with zero attached hydrogens (tertiary/aromatic N) is 4. The number of methoxy groups -OCH3 is 1. The van der Waals surface area contributed by atoms with Crippen molar-refractivity contribution >= 4 is 43.9 Å². The molecule has 4 heterocycles. The predicted molar refractivity (Wildman–Crippen MR) is 218 cm³/mol. The zero-order valence-electron chi connectivity index (χ0n) is 29.4. The maximum Gasteiger partial charge on any atom is 0.149 e. The molecule has 0 aliphatic heterocycles. The van der Waals surface area contributed by atoms with Crippen LogP contribution in [0.4, 0.5) is 0 Å². The Morgan fingerprint density at radius 2 is 1.09 bits per heavy atom. The van der Waals surface area contributed by atoms with Gasteiger partial charge in [-0.2, -0.15) is 0 Å². The van der Waals surface area contributed by atoms with E-state index in [2.05, 4.69) is 162 Å². The summed E-state index contributed by atoms with van der Waals surface area (Å²) in [5, 5.41) is 4.46. The number of pyridine rings is 2. The molecule has 0 amide bonds. The summed E-state index contributed by atoms with van der Waals surface area (Å²) in [5.41, 5.74) is 12.9. The standard InChI is InChI=1S/C48H34N4O/c1-31-28-43(49-30-40(31)33-16-7-4-8-17-33)52-42-23-12-10-21-39(42)46-44(34-24-26-37(53-2)27-25-34)45-38-20-9-11-22-41(38)51(47(45)50-48(46)52)36-19-13-18-35(29-36)32-14-5-3-6-15-32/h3-30H,1-2H3. The normalized spacial score (nSPS) is 11.6. The van der Waals surface area contributed by atoms with Crippen LogP contribution >= 0.6 is 0 Å². The minimum absolute atomic E-state index is 0.816. The van der Waals surface area contributed by atoms with Gasteiger partial charge in [-0.3, -0.25) is 9.13 Å². The SMILES string of the molecule is COc1ccc(-c2c3c4ccccc4n(-c4cccc(-c5ccccc5)c4)c3nc3c2c2ccccc2n3-c2cc(C)c(-c3ccccc3)cn2)cc1. The molecule has 53 heavy (non-hydrogen) atoms.